The Morgan fingerprint density at radius 2 is 2.00 bits per heavy atom. The largest absolute Gasteiger partial charge is 0.492 e. The molecule has 0 radical (unpaired) electrons. The molecule has 0 saturated carbocycles. The molecular weight excluding hydrogens is 308 g/mol. The fourth-order valence-corrected chi connectivity index (χ4v) is 1.94. The summed E-state index contributed by atoms with van der Waals surface area (Å²) in [5.41, 5.74) is 0. The van der Waals surface area contributed by atoms with Gasteiger partial charge in [0.05, 0.1) is 6.61 Å². The normalized spacial score (nSPS) is 11.3. The second-order valence-electron chi connectivity index (χ2n) is 3.73. The zero-order valence-electron chi connectivity index (χ0n) is 9.41. The van der Waals surface area contributed by atoms with Crippen molar-refractivity contribution in [3.8, 4) is 5.75 Å². The monoisotopic (exact) mass is 322 g/mol. The average Bonchev–Trinajstić information content (AvgIpc) is 2.28. The lowest BCUT2D eigenvalue weighted by Crippen LogP contribution is -2.26. The second-order valence-corrected chi connectivity index (χ2v) is 6.60. The van der Waals surface area contributed by atoms with Gasteiger partial charge in [-0.05, 0) is 31.0 Å². The highest BCUT2D eigenvalue weighted by molar-refractivity contribution is 8.01. The third kappa shape index (κ3) is 4.87. The van der Waals surface area contributed by atoms with Crippen LogP contribution in [-0.2, 0) is 4.79 Å². The smallest absolute Gasteiger partial charge is 0.329 e. The summed E-state index contributed by atoms with van der Waals surface area (Å²) >= 11 is 16.4. The predicted octanol–water partition coefficient (Wildman–Crippen LogP) is 3.06. The first-order chi connectivity index (χ1) is 8.33. The molecule has 0 bridgehead atoms. The van der Waals surface area contributed by atoms with Crippen LogP contribution in [0.5, 0.6) is 5.75 Å². The van der Waals surface area contributed by atoms with Gasteiger partial charge in [0.25, 0.3) is 0 Å². The number of hydrogen-bond donors (Lipinski definition) is 5. The van der Waals surface area contributed by atoms with Crippen LogP contribution in [0.2, 0.25) is 0 Å². The molecule has 0 saturated heterocycles. The van der Waals surface area contributed by atoms with Gasteiger partial charge in [0, 0.05) is 9.79 Å². The molecule has 3 nitrogen and oxygen atoms in total. The summed E-state index contributed by atoms with van der Waals surface area (Å²) in [5.74, 6) is -0.425. The molecule has 0 fully saturated rings. The van der Waals surface area contributed by atoms with E-state index in [1.54, 1.807) is 12.1 Å². The summed E-state index contributed by atoms with van der Waals surface area (Å²) in [5, 5.41) is 8.82. The number of carboxylic acids is 1. The van der Waals surface area contributed by atoms with E-state index in [-0.39, 0.29) is 0 Å². The Morgan fingerprint density at radius 1 is 1.33 bits per heavy atom. The molecule has 100 valence electrons. The Morgan fingerprint density at radius 3 is 2.61 bits per heavy atom. The molecule has 0 spiro atoms. The van der Waals surface area contributed by atoms with Gasteiger partial charge in [0.2, 0.25) is 0 Å². The lowest BCUT2D eigenvalue weighted by molar-refractivity contribution is -0.137. The van der Waals surface area contributed by atoms with Crippen molar-refractivity contribution in [3.05, 3.63) is 18.2 Å². The van der Waals surface area contributed by atoms with Crippen molar-refractivity contribution < 1.29 is 14.6 Å². The van der Waals surface area contributed by atoms with Crippen LogP contribution in [0.1, 0.15) is 12.8 Å². The summed E-state index contributed by atoms with van der Waals surface area (Å²) < 4.78 is 4.19. The van der Waals surface area contributed by atoms with Gasteiger partial charge in [-0.2, -0.15) is 25.3 Å². The van der Waals surface area contributed by atoms with Gasteiger partial charge in [-0.1, -0.05) is 0 Å². The Hall–Kier alpha value is -0.110. The fourth-order valence-electron chi connectivity index (χ4n) is 1.23. The van der Waals surface area contributed by atoms with E-state index in [0.717, 1.165) is 4.90 Å². The highest BCUT2D eigenvalue weighted by Gasteiger charge is 2.28. The van der Waals surface area contributed by atoms with Gasteiger partial charge in [-0.3, -0.25) is 0 Å². The molecule has 0 aliphatic rings. The van der Waals surface area contributed by atoms with Crippen molar-refractivity contribution in [2.45, 2.75) is 26.7 Å². The lowest BCUT2D eigenvalue weighted by Gasteiger charge is -2.17. The van der Waals surface area contributed by atoms with E-state index in [4.69, 9.17) is 9.84 Å². The quantitative estimate of drug-likeness (QED) is 0.318. The topological polar surface area (TPSA) is 46.5 Å². The summed E-state index contributed by atoms with van der Waals surface area (Å²) in [6, 6.07) is 5.37. The van der Waals surface area contributed by atoms with Gasteiger partial charge in [-0.15, -0.1) is 25.3 Å². The van der Waals surface area contributed by atoms with Crippen LogP contribution in [0, 0.1) is 0 Å². The van der Waals surface area contributed by atoms with Gasteiger partial charge >= 0.3 is 5.97 Å². The molecule has 7 heteroatoms. The first-order valence-electron chi connectivity index (χ1n) is 5.16. The average molecular weight is 322 g/mol. The van der Waals surface area contributed by atoms with E-state index in [9.17, 15) is 4.79 Å². The fraction of sp³-hybridized carbons (Fsp3) is 0.364. The van der Waals surface area contributed by atoms with E-state index in [1.165, 1.54) is 0 Å². The molecule has 0 atom stereocenters. The predicted molar refractivity (Wildman–Crippen MR) is 84.0 cm³/mol. The van der Waals surface area contributed by atoms with Crippen molar-refractivity contribution in [1.82, 2.24) is 0 Å². The zero-order valence-corrected chi connectivity index (χ0v) is 13.0. The van der Waals surface area contributed by atoms with Gasteiger partial charge in [0.15, 0.2) is 4.08 Å². The van der Waals surface area contributed by atoms with E-state index in [2.05, 4.69) is 50.5 Å². The number of rotatable bonds is 6. The molecule has 0 aromatic heterocycles. The van der Waals surface area contributed by atoms with Crippen LogP contribution < -0.4 is 4.74 Å². The van der Waals surface area contributed by atoms with E-state index >= 15 is 0 Å². The molecule has 1 N–H and O–H groups in total. The standard InChI is InChI=1S/C11H14O3S4/c12-10(13)11(17,18)4-1-5-14-8-6-7(15)2-3-9(8)16/h2-3,6,15-18H,1,4-5H2,(H,12,13). The van der Waals surface area contributed by atoms with Crippen LogP contribution in [0.25, 0.3) is 0 Å². The molecule has 0 amide bonds. The number of ether oxygens (including phenoxy) is 1. The van der Waals surface area contributed by atoms with Crippen LogP contribution in [0.4, 0.5) is 0 Å². The Bertz CT molecular complexity index is 434. The Balaban J connectivity index is 2.43. The molecule has 1 aromatic rings. The highest BCUT2D eigenvalue weighted by Crippen LogP contribution is 2.28. The van der Waals surface area contributed by atoms with Crippen LogP contribution in [0.15, 0.2) is 28.0 Å². The summed E-state index contributed by atoms with van der Waals surface area (Å²) in [6.07, 6.45) is 0.834. The molecule has 18 heavy (non-hydrogen) atoms. The van der Waals surface area contributed by atoms with Crippen molar-refractivity contribution in [3.63, 3.8) is 0 Å². The van der Waals surface area contributed by atoms with Gasteiger partial charge < -0.3 is 9.84 Å². The first-order valence-corrected chi connectivity index (χ1v) is 6.95. The number of aliphatic carboxylic acids is 1. The zero-order chi connectivity index (χ0) is 13.8. The van der Waals surface area contributed by atoms with E-state index in [0.29, 0.717) is 30.1 Å². The lowest BCUT2D eigenvalue weighted by atomic mass is 10.2. The maximum absolute atomic E-state index is 10.8. The van der Waals surface area contributed by atoms with Crippen molar-refractivity contribution in [2.24, 2.45) is 0 Å². The maximum Gasteiger partial charge on any atom is 0.329 e. The molecule has 1 aromatic carbocycles. The third-order valence-electron chi connectivity index (χ3n) is 2.21. The third-order valence-corrected chi connectivity index (χ3v) is 3.69. The summed E-state index contributed by atoms with van der Waals surface area (Å²) in [6.45, 7) is 0.376. The molecule has 0 unspecified atom stereocenters. The van der Waals surface area contributed by atoms with Crippen LogP contribution in [0.3, 0.4) is 0 Å². The van der Waals surface area contributed by atoms with Crippen molar-refractivity contribution >= 4 is 56.5 Å². The van der Waals surface area contributed by atoms with Gasteiger partial charge in [0.1, 0.15) is 5.75 Å². The number of carboxylic acid groups (broad SMARTS) is 1. The van der Waals surface area contributed by atoms with Crippen molar-refractivity contribution in [2.75, 3.05) is 6.61 Å². The molecule has 0 aliphatic carbocycles. The maximum atomic E-state index is 10.8. The second kappa shape index (κ2) is 6.88. The molecule has 0 heterocycles. The first kappa shape index (κ1) is 15.9. The number of hydrogen-bond acceptors (Lipinski definition) is 6. The van der Waals surface area contributed by atoms with E-state index in [1.807, 2.05) is 6.07 Å². The summed E-state index contributed by atoms with van der Waals surface area (Å²) in [7, 11) is 0. The minimum absolute atomic E-state index is 0.303. The Labute approximate surface area is 128 Å². The highest BCUT2D eigenvalue weighted by atomic mass is 32.2. The number of carbonyl (C=O) groups is 1. The minimum atomic E-state index is -1.32. The molecule has 1 rings (SSSR count). The number of thiol groups is 4. The van der Waals surface area contributed by atoms with E-state index < -0.39 is 10.0 Å². The SMILES string of the molecule is O=C(O)C(S)(S)CCCOc1cc(S)ccc1S. The summed E-state index contributed by atoms with van der Waals surface area (Å²) in [4.78, 5) is 12.3. The molecule has 0 aliphatic heterocycles. The minimum Gasteiger partial charge on any atom is -0.492 e. The van der Waals surface area contributed by atoms with Crippen molar-refractivity contribution in [1.29, 1.82) is 0 Å². The Kier molecular flexibility index (Phi) is 6.10. The van der Waals surface area contributed by atoms with Gasteiger partial charge in [-0.25, -0.2) is 4.79 Å². The van der Waals surface area contributed by atoms with Crippen LogP contribution in [-0.4, -0.2) is 21.8 Å². The molecular formula is C11H14O3S4. The van der Waals surface area contributed by atoms with Crippen LogP contribution >= 0.6 is 50.5 Å². The number of benzene rings is 1.